The van der Waals surface area contributed by atoms with Crippen LogP contribution in [-0.4, -0.2) is 43.8 Å². The molecule has 0 radical (unpaired) electrons. The molecule has 3 nitrogen and oxygen atoms in total. The second-order valence-corrected chi connectivity index (χ2v) is 6.00. The van der Waals surface area contributed by atoms with Gasteiger partial charge in [-0.15, -0.1) is 0 Å². The molecule has 2 N–H and O–H groups in total. The molecular formula is C14H28N2O. The van der Waals surface area contributed by atoms with Crippen LogP contribution in [0.25, 0.3) is 0 Å². The zero-order chi connectivity index (χ0) is 12.3. The number of rotatable bonds is 7. The van der Waals surface area contributed by atoms with Crippen molar-refractivity contribution in [3.05, 3.63) is 0 Å². The fourth-order valence-corrected chi connectivity index (χ4v) is 3.16. The zero-order valence-electron chi connectivity index (χ0n) is 11.4. The Hall–Kier alpha value is -0.120. The number of nitrogens with zero attached hydrogens (tertiary/aromatic N) is 1. The zero-order valence-corrected chi connectivity index (χ0v) is 11.4. The highest BCUT2D eigenvalue weighted by Gasteiger charge is 2.33. The lowest BCUT2D eigenvalue weighted by Gasteiger charge is -2.31. The molecule has 0 aromatic heterocycles. The molecule has 17 heavy (non-hydrogen) atoms. The lowest BCUT2D eigenvalue weighted by Crippen LogP contribution is -2.40. The molecule has 0 bridgehead atoms. The van der Waals surface area contributed by atoms with Crippen molar-refractivity contribution < 1.29 is 4.74 Å². The van der Waals surface area contributed by atoms with E-state index in [1.165, 1.54) is 38.6 Å². The maximum atomic E-state index is 6.01. The minimum absolute atomic E-state index is 0.459. The third-order valence-electron chi connectivity index (χ3n) is 4.54. The van der Waals surface area contributed by atoms with Crippen molar-refractivity contribution in [3.8, 4) is 0 Å². The Morgan fingerprint density at radius 3 is 2.59 bits per heavy atom. The molecule has 0 saturated heterocycles. The number of nitrogens with two attached hydrogens (primary N) is 1. The minimum atomic E-state index is 0.459. The predicted octanol–water partition coefficient (Wildman–Crippen LogP) is 1.86. The fourth-order valence-electron chi connectivity index (χ4n) is 3.16. The Balaban J connectivity index is 1.81. The molecule has 2 fully saturated rings. The molecule has 0 amide bonds. The van der Waals surface area contributed by atoms with E-state index in [4.69, 9.17) is 10.5 Å². The Morgan fingerprint density at radius 2 is 2.06 bits per heavy atom. The Kier molecular flexibility index (Phi) is 4.83. The maximum Gasteiger partial charge on any atom is 0.0589 e. The summed E-state index contributed by atoms with van der Waals surface area (Å²) in [5.74, 6) is 1.77. The number of hydrogen-bond acceptors (Lipinski definition) is 3. The van der Waals surface area contributed by atoms with Crippen molar-refractivity contribution in [2.75, 3.05) is 26.8 Å². The smallest absolute Gasteiger partial charge is 0.0589 e. The molecule has 2 rings (SSSR count). The van der Waals surface area contributed by atoms with E-state index >= 15 is 0 Å². The quantitative estimate of drug-likeness (QED) is 0.738. The number of ether oxygens (including phenoxy) is 1. The van der Waals surface area contributed by atoms with E-state index < -0.39 is 0 Å². The van der Waals surface area contributed by atoms with Gasteiger partial charge in [0.1, 0.15) is 0 Å². The van der Waals surface area contributed by atoms with Crippen LogP contribution in [0.4, 0.5) is 0 Å². The van der Waals surface area contributed by atoms with Gasteiger partial charge in [-0.3, -0.25) is 4.90 Å². The highest BCUT2D eigenvalue weighted by Crippen LogP contribution is 2.36. The van der Waals surface area contributed by atoms with Crippen LogP contribution >= 0.6 is 0 Å². The first-order valence-electron chi connectivity index (χ1n) is 7.19. The van der Waals surface area contributed by atoms with Gasteiger partial charge in [0.2, 0.25) is 0 Å². The highest BCUT2D eigenvalue weighted by atomic mass is 16.5. The molecule has 0 aliphatic heterocycles. The van der Waals surface area contributed by atoms with Gasteiger partial charge < -0.3 is 10.5 Å². The van der Waals surface area contributed by atoms with Crippen LogP contribution in [0.5, 0.6) is 0 Å². The normalized spacial score (nSPS) is 31.1. The molecule has 2 aliphatic rings. The van der Waals surface area contributed by atoms with E-state index in [1.807, 2.05) is 0 Å². The van der Waals surface area contributed by atoms with Gasteiger partial charge in [0.05, 0.1) is 6.61 Å². The second kappa shape index (κ2) is 6.17. The summed E-state index contributed by atoms with van der Waals surface area (Å²) < 4.78 is 5.24. The summed E-state index contributed by atoms with van der Waals surface area (Å²) in [6.07, 6.45) is 6.62. The van der Waals surface area contributed by atoms with E-state index in [9.17, 15) is 0 Å². The van der Waals surface area contributed by atoms with Crippen molar-refractivity contribution in [1.82, 2.24) is 4.90 Å². The van der Waals surface area contributed by atoms with Gasteiger partial charge in [-0.2, -0.15) is 0 Å². The molecule has 0 aromatic carbocycles. The molecule has 100 valence electrons. The van der Waals surface area contributed by atoms with Crippen LogP contribution in [0.15, 0.2) is 0 Å². The van der Waals surface area contributed by atoms with Crippen molar-refractivity contribution in [2.24, 2.45) is 17.6 Å². The van der Waals surface area contributed by atoms with Gasteiger partial charge in [-0.1, -0.05) is 0 Å². The van der Waals surface area contributed by atoms with Gasteiger partial charge in [0.15, 0.2) is 0 Å². The van der Waals surface area contributed by atoms with Crippen molar-refractivity contribution in [3.63, 3.8) is 0 Å². The molecule has 3 unspecified atom stereocenters. The van der Waals surface area contributed by atoms with Crippen molar-refractivity contribution in [2.45, 2.75) is 51.1 Å². The van der Waals surface area contributed by atoms with Crippen LogP contribution < -0.4 is 5.73 Å². The first-order chi connectivity index (χ1) is 8.20. The first-order valence-corrected chi connectivity index (χ1v) is 7.19. The standard InChI is InChI=1S/C14H28N2O/c1-11(13-4-5-13)16(7-8-17-2)10-12-3-6-14(15)9-12/h11-14H,3-10,15H2,1-2H3. The van der Waals surface area contributed by atoms with Crippen LogP contribution in [0, 0.1) is 11.8 Å². The molecule has 3 atom stereocenters. The van der Waals surface area contributed by atoms with E-state index in [1.54, 1.807) is 7.11 Å². The van der Waals surface area contributed by atoms with Crippen molar-refractivity contribution >= 4 is 0 Å². The average Bonchev–Trinajstić information content (AvgIpc) is 3.08. The van der Waals surface area contributed by atoms with Gasteiger partial charge in [0.25, 0.3) is 0 Å². The molecule has 2 saturated carbocycles. The van der Waals surface area contributed by atoms with Gasteiger partial charge in [0, 0.05) is 32.3 Å². The minimum Gasteiger partial charge on any atom is -0.383 e. The van der Waals surface area contributed by atoms with E-state index in [0.29, 0.717) is 6.04 Å². The summed E-state index contributed by atoms with van der Waals surface area (Å²) >= 11 is 0. The predicted molar refractivity (Wildman–Crippen MR) is 71.0 cm³/mol. The lowest BCUT2D eigenvalue weighted by molar-refractivity contribution is 0.103. The molecule has 0 heterocycles. The molecular weight excluding hydrogens is 212 g/mol. The Bertz CT molecular complexity index is 230. The summed E-state index contributed by atoms with van der Waals surface area (Å²) in [6.45, 7) is 5.56. The Morgan fingerprint density at radius 1 is 1.29 bits per heavy atom. The molecule has 2 aliphatic carbocycles. The van der Waals surface area contributed by atoms with Gasteiger partial charge in [-0.05, 0) is 50.9 Å². The van der Waals surface area contributed by atoms with Crippen LogP contribution in [-0.2, 0) is 4.74 Å². The third-order valence-corrected chi connectivity index (χ3v) is 4.54. The fraction of sp³-hybridized carbons (Fsp3) is 1.00. The van der Waals surface area contributed by atoms with Crippen molar-refractivity contribution in [1.29, 1.82) is 0 Å². The molecule has 0 aromatic rings. The lowest BCUT2D eigenvalue weighted by atomic mass is 10.0. The molecule has 3 heteroatoms. The molecule has 0 spiro atoms. The summed E-state index contributed by atoms with van der Waals surface area (Å²) in [5, 5.41) is 0. The van der Waals surface area contributed by atoms with E-state index in [2.05, 4.69) is 11.8 Å². The number of hydrogen-bond donors (Lipinski definition) is 1. The van der Waals surface area contributed by atoms with Crippen LogP contribution in [0.1, 0.15) is 39.0 Å². The Labute approximate surface area is 106 Å². The van der Waals surface area contributed by atoms with Gasteiger partial charge >= 0.3 is 0 Å². The van der Waals surface area contributed by atoms with E-state index in [0.717, 1.165) is 31.0 Å². The summed E-state index contributed by atoms with van der Waals surface area (Å²) in [4.78, 5) is 2.64. The van der Waals surface area contributed by atoms with Crippen LogP contribution in [0.2, 0.25) is 0 Å². The van der Waals surface area contributed by atoms with Crippen LogP contribution in [0.3, 0.4) is 0 Å². The SMILES string of the molecule is COCCN(CC1CCC(N)C1)C(C)C1CC1. The summed E-state index contributed by atoms with van der Waals surface area (Å²) in [6, 6.07) is 1.20. The van der Waals surface area contributed by atoms with E-state index in [-0.39, 0.29) is 0 Å². The average molecular weight is 240 g/mol. The summed E-state index contributed by atoms with van der Waals surface area (Å²) in [5.41, 5.74) is 6.01. The monoisotopic (exact) mass is 240 g/mol. The topological polar surface area (TPSA) is 38.5 Å². The number of methoxy groups -OCH3 is 1. The third kappa shape index (κ3) is 3.94. The second-order valence-electron chi connectivity index (χ2n) is 6.00. The first kappa shape index (κ1) is 13.3. The summed E-state index contributed by atoms with van der Waals surface area (Å²) in [7, 11) is 1.80. The largest absolute Gasteiger partial charge is 0.383 e. The maximum absolute atomic E-state index is 6.01. The highest BCUT2D eigenvalue weighted by molar-refractivity contribution is 4.88. The van der Waals surface area contributed by atoms with Gasteiger partial charge in [-0.25, -0.2) is 0 Å².